The van der Waals surface area contributed by atoms with E-state index >= 15 is 0 Å². The Kier molecular flexibility index (Phi) is 7.15. The van der Waals surface area contributed by atoms with E-state index in [0.717, 1.165) is 19.1 Å². The van der Waals surface area contributed by atoms with Gasteiger partial charge < -0.3 is 20.7 Å². The Morgan fingerprint density at radius 2 is 1.87 bits per heavy atom. The molecule has 0 radical (unpaired) electrons. The highest BCUT2D eigenvalue weighted by Crippen LogP contribution is 2.46. The van der Waals surface area contributed by atoms with E-state index in [4.69, 9.17) is 10.5 Å². The fourth-order valence-corrected chi connectivity index (χ4v) is 4.57. The molecule has 4 rings (SSSR count). The van der Waals surface area contributed by atoms with E-state index in [1.54, 1.807) is 6.07 Å². The van der Waals surface area contributed by atoms with E-state index in [1.165, 1.54) is 24.3 Å². The Balaban J connectivity index is 1.56. The summed E-state index contributed by atoms with van der Waals surface area (Å²) in [6.45, 7) is -0.949. The highest BCUT2D eigenvalue weighted by atomic mass is 19.4. The summed E-state index contributed by atoms with van der Waals surface area (Å²) >= 11 is 0. The molecule has 202 valence electrons. The van der Waals surface area contributed by atoms with E-state index in [-0.39, 0.29) is 18.5 Å². The Morgan fingerprint density at radius 3 is 2.50 bits per heavy atom. The van der Waals surface area contributed by atoms with Crippen LogP contribution in [0, 0.1) is 5.82 Å². The Bertz CT molecular complexity index is 1280. The monoisotopic (exact) mass is 536 g/mol. The van der Waals surface area contributed by atoms with Crippen LogP contribution in [0.15, 0.2) is 42.5 Å². The van der Waals surface area contributed by atoms with Crippen molar-refractivity contribution in [3.63, 3.8) is 0 Å². The maximum atomic E-state index is 13.6. The third kappa shape index (κ3) is 5.05. The van der Waals surface area contributed by atoms with Crippen molar-refractivity contribution in [3.8, 4) is 0 Å². The van der Waals surface area contributed by atoms with E-state index in [9.17, 15) is 36.7 Å². The fraction of sp³-hybridized carbons (Fsp3) is 0.360. The number of anilines is 1. The van der Waals surface area contributed by atoms with Gasteiger partial charge in [0.25, 0.3) is 5.91 Å². The van der Waals surface area contributed by atoms with Crippen LogP contribution >= 0.6 is 0 Å². The number of nitrogens with one attached hydrogen (secondary N) is 1. The summed E-state index contributed by atoms with van der Waals surface area (Å²) in [5.74, 6) is -3.03. The first-order chi connectivity index (χ1) is 17.9. The highest BCUT2D eigenvalue weighted by Gasteiger charge is 2.58. The Hall–Kier alpha value is -4.00. The van der Waals surface area contributed by atoms with Gasteiger partial charge in [0, 0.05) is 24.2 Å². The molecule has 2 aromatic rings. The summed E-state index contributed by atoms with van der Waals surface area (Å²) in [7, 11) is 0. The summed E-state index contributed by atoms with van der Waals surface area (Å²) in [4.78, 5) is 51.7. The van der Waals surface area contributed by atoms with Gasteiger partial charge in [0.05, 0.1) is 6.54 Å². The molecular formula is C25H24F4N4O5. The first-order valence-corrected chi connectivity index (χ1v) is 11.6. The minimum Gasteiger partial charge on any atom is -0.427 e. The lowest BCUT2D eigenvalue weighted by atomic mass is 9.94. The van der Waals surface area contributed by atoms with Gasteiger partial charge in [-0.2, -0.15) is 13.2 Å². The molecule has 38 heavy (non-hydrogen) atoms. The van der Waals surface area contributed by atoms with Crippen molar-refractivity contribution in [2.75, 3.05) is 18.4 Å². The third-order valence-corrected chi connectivity index (χ3v) is 6.65. The summed E-state index contributed by atoms with van der Waals surface area (Å²) in [6, 6.07) is 6.95. The number of benzene rings is 2. The average Bonchev–Trinajstić information content (AvgIpc) is 3.34. The number of nitrogens with two attached hydrogens (primary N) is 1. The van der Waals surface area contributed by atoms with Crippen molar-refractivity contribution < 1.29 is 41.5 Å². The number of imide groups is 1. The van der Waals surface area contributed by atoms with Crippen LogP contribution in [-0.4, -0.2) is 58.9 Å². The average molecular weight is 536 g/mol. The van der Waals surface area contributed by atoms with Crippen LogP contribution in [0.5, 0.6) is 0 Å². The zero-order chi connectivity index (χ0) is 27.8. The van der Waals surface area contributed by atoms with Crippen LogP contribution in [0.3, 0.4) is 0 Å². The minimum absolute atomic E-state index is 0.0597. The quantitative estimate of drug-likeness (QED) is 0.525. The largest absolute Gasteiger partial charge is 0.427 e. The summed E-state index contributed by atoms with van der Waals surface area (Å²) in [5.41, 5.74) is 5.22. The second-order valence-corrected chi connectivity index (χ2v) is 9.08. The van der Waals surface area contributed by atoms with E-state index < -0.39 is 60.5 Å². The van der Waals surface area contributed by atoms with Crippen molar-refractivity contribution in [1.29, 1.82) is 0 Å². The SMILES string of the molecule is C[C@H](N(Cc1ccc(F)cc1)C(=O)CN1C(=O)O[C@@]2(CCc3cc(NC(=O)CN)ccc32)C1=O)C(F)(F)F. The summed E-state index contributed by atoms with van der Waals surface area (Å²) in [6.07, 6.45) is -5.58. The van der Waals surface area contributed by atoms with Gasteiger partial charge >= 0.3 is 12.3 Å². The molecule has 1 aliphatic carbocycles. The number of rotatable bonds is 7. The molecule has 3 N–H and O–H groups in total. The number of hydrogen-bond donors (Lipinski definition) is 2. The third-order valence-electron chi connectivity index (χ3n) is 6.65. The molecule has 0 bridgehead atoms. The molecular weight excluding hydrogens is 512 g/mol. The van der Waals surface area contributed by atoms with Gasteiger partial charge in [-0.3, -0.25) is 14.4 Å². The molecule has 9 nitrogen and oxygen atoms in total. The summed E-state index contributed by atoms with van der Waals surface area (Å²) < 4.78 is 59.4. The van der Waals surface area contributed by atoms with Gasteiger partial charge in [0.1, 0.15) is 18.4 Å². The topological polar surface area (TPSA) is 122 Å². The molecule has 1 aliphatic heterocycles. The summed E-state index contributed by atoms with van der Waals surface area (Å²) in [5, 5.41) is 2.58. The zero-order valence-electron chi connectivity index (χ0n) is 20.2. The van der Waals surface area contributed by atoms with Crippen LogP contribution in [0.1, 0.15) is 30.0 Å². The molecule has 0 saturated carbocycles. The van der Waals surface area contributed by atoms with Gasteiger partial charge in [-0.1, -0.05) is 18.2 Å². The lowest BCUT2D eigenvalue weighted by Crippen LogP contribution is -2.51. The minimum atomic E-state index is -4.80. The number of amides is 4. The predicted octanol–water partition coefficient (Wildman–Crippen LogP) is 2.82. The zero-order valence-corrected chi connectivity index (χ0v) is 20.2. The lowest BCUT2D eigenvalue weighted by molar-refractivity contribution is -0.187. The van der Waals surface area contributed by atoms with Crippen LogP contribution < -0.4 is 11.1 Å². The molecule has 1 fully saturated rings. The number of fused-ring (bicyclic) bond motifs is 2. The molecule has 13 heteroatoms. The Labute approximate surface area is 214 Å². The Morgan fingerprint density at radius 1 is 1.18 bits per heavy atom. The van der Waals surface area contributed by atoms with Crippen molar-refractivity contribution in [2.24, 2.45) is 5.73 Å². The number of alkyl halides is 3. The van der Waals surface area contributed by atoms with Crippen LogP contribution in [0.25, 0.3) is 0 Å². The van der Waals surface area contributed by atoms with Gasteiger partial charge in [-0.15, -0.1) is 0 Å². The maximum Gasteiger partial charge on any atom is 0.418 e. The van der Waals surface area contributed by atoms with Crippen LogP contribution in [-0.2, 0) is 37.7 Å². The van der Waals surface area contributed by atoms with Crippen molar-refractivity contribution in [2.45, 2.75) is 44.1 Å². The smallest absolute Gasteiger partial charge is 0.418 e. The number of halogens is 4. The van der Waals surface area contributed by atoms with Gasteiger partial charge in [-0.05, 0) is 48.7 Å². The number of aryl methyl sites for hydroxylation is 1. The molecule has 2 atom stereocenters. The van der Waals surface area contributed by atoms with Gasteiger partial charge in [0.2, 0.25) is 17.4 Å². The molecule has 0 aromatic heterocycles. The fourth-order valence-electron chi connectivity index (χ4n) is 4.57. The van der Waals surface area contributed by atoms with Gasteiger partial charge in [0.15, 0.2) is 0 Å². The van der Waals surface area contributed by atoms with Crippen molar-refractivity contribution >= 4 is 29.5 Å². The molecule has 2 aromatic carbocycles. The number of ether oxygens (including phenoxy) is 1. The number of nitrogens with zero attached hydrogens (tertiary/aromatic N) is 2. The second kappa shape index (κ2) is 10.0. The van der Waals surface area contributed by atoms with Crippen LogP contribution in [0.4, 0.5) is 28.0 Å². The number of hydrogen-bond acceptors (Lipinski definition) is 6. The molecule has 1 heterocycles. The van der Waals surface area contributed by atoms with Crippen molar-refractivity contribution in [1.82, 2.24) is 9.80 Å². The van der Waals surface area contributed by atoms with E-state index in [2.05, 4.69) is 5.32 Å². The maximum absolute atomic E-state index is 13.6. The highest BCUT2D eigenvalue weighted by molar-refractivity contribution is 6.06. The van der Waals surface area contributed by atoms with Crippen LogP contribution in [0.2, 0.25) is 0 Å². The first-order valence-electron chi connectivity index (χ1n) is 11.6. The molecule has 1 saturated heterocycles. The number of carbonyl (C=O) groups excluding carboxylic acids is 4. The second-order valence-electron chi connectivity index (χ2n) is 9.08. The normalized spacial score (nSPS) is 19.4. The van der Waals surface area contributed by atoms with Crippen molar-refractivity contribution in [3.05, 3.63) is 65.0 Å². The standard InChI is InChI=1S/C25H24F4N4O5/c1-14(25(27,28)29)32(12-15-2-4-17(26)5-3-15)21(35)13-33-22(36)24(38-23(33)37)9-8-16-10-18(6-7-19(16)24)31-20(34)11-30/h2-7,10,14H,8-9,11-13,30H2,1H3,(H,31,34)/t14-,24+/m0/s1. The lowest BCUT2D eigenvalue weighted by Gasteiger charge is -2.31. The molecule has 1 spiro atoms. The van der Waals surface area contributed by atoms with E-state index in [0.29, 0.717) is 33.0 Å². The van der Waals surface area contributed by atoms with E-state index in [1.807, 2.05) is 0 Å². The van der Waals surface area contributed by atoms with Gasteiger partial charge in [-0.25, -0.2) is 14.1 Å². The molecule has 2 aliphatic rings. The predicted molar refractivity (Wildman–Crippen MR) is 125 cm³/mol. The molecule has 4 amide bonds. The first kappa shape index (κ1) is 27.0. The molecule has 0 unspecified atom stereocenters. The number of carbonyl (C=O) groups is 4.